The molecule has 2 atom stereocenters. The highest BCUT2D eigenvalue weighted by atomic mass is 16.4. The number of aliphatic hydroxyl groups is 2. The van der Waals surface area contributed by atoms with Gasteiger partial charge in [0.25, 0.3) is 5.91 Å². The van der Waals surface area contributed by atoms with E-state index in [0.717, 1.165) is 5.56 Å². The van der Waals surface area contributed by atoms with Crippen LogP contribution in [0.1, 0.15) is 12.0 Å². The van der Waals surface area contributed by atoms with Crippen molar-refractivity contribution in [2.24, 2.45) is 11.5 Å². The van der Waals surface area contributed by atoms with Gasteiger partial charge >= 0.3 is 0 Å². The predicted molar refractivity (Wildman–Crippen MR) is 64.1 cm³/mol. The van der Waals surface area contributed by atoms with Crippen LogP contribution in [0.5, 0.6) is 0 Å². The van der Waals surface area contributed by atoms with Gasteiger partial charge in [-0.3, -0.25) is 9.59 Å². The summed E-state index contributed by atoms with van der Waals surface area (Å²) in [6.07, 6.45) is -1.92. The van der Waals surface area contributed by atoms with E-state index >= 15 is 0 Å². The average Bonchev–Trinajstić information content (AvgIpc) is 2.35. The van der Waals surface area contributed by atoms with Gasteiger partial charge in [-0.2, -0.15) is 0 Å². The van der Waals surface area contributed by atoms with Crippen LogP contribution in [-0.4, -0.2) is 33.7 Å². The SMILES string of the molecule is NC(=O)[C@H](O)[C@](O)(CCc1ccccc1)C(N)=O. The van der Waals surface area contributed by atoms with Crippen LogP contribution in [0.4, 0.5) is 0 Å². The van der Waals surface area contributed by atoms with Crippen LogP contribution in [0, 0.1) is 0 Å². The third kappa shape index (κ3) is 3.06. The Morgan fingerprint density at radius 2 is 1.78 bits per heavy atom. The van der Waals surface area contributed by atoms with E-state index in [9.17, 15) is 19.8 Å². The van der Waals surface area contributed by atoms with Crippen LogP contribution in [0.25, 0.3) is 0 Å². The van der Waals surface area contributed by atoms with Crippen molar-refractivity contribution in [2.45, 2.75) is 24.5 Å². The van der Waals surface area contributed by atoms with Crippen molar-refractivity contribution in [3.8, 4) is 0 Å². The highest BCUT2D eigenvalue weighted by Gasteiger charge is 2.44. The van der Waals surface area contributed by atoms with Crippen LogP contribution in [0.15, 0.2) is 30.3 Å². The number of rotatable bonds is 6. The van der Waals surface area contributed by atoms with Gasteiger partial charge in [0.1, 0.15) is 0 Å². The van der Waals surface area contributed by atoms with Gasteiger partial charge in [0.2, 0.25) is 5.91 Å². The van der Waals surface area contributed by atoms with E-state index in [1.54, 1.807) is 24.3 Å². The van der Waals surface area contributed by atoms with Gasteiger partial charge in [0.05, 0.1) is 0 Å². The molecule has 1 aromatic rings. The Hall–Kier alpha value is -1.92. The van der Waals surface area contributed by atoms with E-state index in [0.29, 0.717) is 0 Å². The molecule has 0 heterocycles. The molecular formula is C12H16N2O4. The summed E-state index contributed by atoms with van der Waals surface area (Å²) < 4.78 is 0. The molecule has 1 aromatic carbocycles. The van der Waals surface area contributed by atoms with Crippen molar-refractivity contribution in [1.82, 2.24) is 0 Å². The first-order chi connectivity index (χ1) is 8.38. The second-order valence-corrected chi connectivity index (χ2v) is 4.08. The molecule has 0 fully saturated rings. The van der Waals surface area contributed by atoms with Gasteiger partial charge in [-0.25, -0.2) is 0 Å². The van der Waals surface area contributed by atoms with Crippen molar-refractivity contribution in [3.63, 3.8) is 0 Å². The molecule has 0 radical (unpaired) electrons. The molecule has 0 spiro atoms. The predicted octanol–water partition coefficient (Wildman–Crippen LogP) is -1.32. The zero-order chi connectivity index (χ0) is 13.8. The first-order valence-electron chi connectivity index (χ1n) is 5.41. The Morgan fingerprint density at radius 3 is 2.22 bits per heavy atom. The molecule has 0 saturated heterocycles. The van der Waals surface area contributed by atoms with E-state index in [-0.39, 0.29) is 12.8 Å². The number of carbonyl (C=O) groups is 2. The summed E-state index contributed by atoms with van der Waals surface area (Å²) in [5.74, 6) is -2.37. The summed E-state index contributed by atoms with van der Waals surface area (Å²) in [6.45, 7) is 0. The third-order valence-corrected chi connectivity index (χ3v) is 2.79. The number of carbonyl (C=O) groups excluding carboxylic acids is 2. The van der Waals surface area contributed by atoms with Gasteiger partial charge in [-0.05, 0) is 18.4 Å². The number of hydrogen-bond donors (Lipinski definition) is 4. The number of hydrogen-bond acceptors (Lipinski definition) is 4. The summed E-state index contributed by atoms with van der Waals surface area (Å²) in [5.41, 5.74) is 8.39. The Labute approximate surface area is 104 Å². The standard InChI is InChI=1S/C12H16N2O4/c13-10(16)9(15)12(18,11(14)17)7-6-8-4-2-1-3-5-8/h1-5,9,15,18H,6-7H2,(H2,13,16)(H2,14,17)/t9-,12+/m0/s1. The zero-order valence-corrected chi connectivity index (χ0v) is 9.74. The number of nitrogens with two attached hydrogens (primary N) is 2. The maximum absolute atomic E-state index is 11.2. The molecule has 6 N–H and O–H groups in total. The second-order valence-electron chi connectivity index (χ2n) is 4.08. The molecule has 0 aliphatic carbocycles. The molecule has 0 unspecified atom stereocenters. The second kappa shape index (κ2) is 5.61. The third-order valence-electron chi connectivity index (χ3n) is 2.79. The highest BCUT2D eigenvalue weighted by Crippen LogP contribution is 2.18. The lowest BCUT2D eigenvalue weighted by molar-refractivity contribution is -0.159. The number of aryl methyl sites for hydroxylation is 1. The van der Waals surface area contributed by atoms with Crippen LogP contribution in [0.2, 0.25) is 0 Å². The lowest BCUT2D eigenvalue weighted by atomic mass is 9.88. The summed E-state index contributed by atoms with van der Waals surface area (Å²) >= 11 is 0. The molecule has 98 valence electrons. The first-order valence-corrected chi connectivity index (χ1v) is 5.41. The van der Waals surface area contributed by atoms with E-state index < -0.39 is 23.5 Å². The van der Waals surface area contributed by atoms with E-state index in [4.69, 9.17) is 11.5 Å². The van der Waals surface area contributed by atoms with Crippen molar-refractivity contribution in [1.29, 1.82) is 0 Å². The van der Waals surface area contributed by atoms with E-state index in [1.165, 1.54) is 0 Å². The normalized spacial score (nSPS) is 15.7. The smallest absolute Gasteiger partial charge is 0.252 e. The van der Waals surface area contributed by atoms with Crippen LogP contribution in [0.3, 0.4) is 0 Å². The molecular weight excluding hydrogens is 236 g/mol. The molecule has 6 heteroatoms. The molecule has 18 heavy (non-hydrogen) atoms. The fourth-order valence-corrected chi connectivity index (χ4v) is 1.61. The Morgan fingerprint density at radius 1 is 1.22 bits per heavy atom. The molecule has 0 bridgehead atoms. The molecule has 6 nitrogen and oxygen atoms in total. The van der Waals surface area contributed by atoms with Crippen LogP contribution >= 0.6 is 0 Å². The summed E-state index contributed by atoms with van der Waals surface area (Å²) in [5, 5.41) is 19.4. The van der Waals surface area contributed by atoms with Gasteiger partial charge in [0, 0.05) is 0 Å². The Bertz CT molecular complexity index is 435. The minimum Gasteiger partial charge on any atom is -0.380 e. The number of primary amides is 2. The number of aliphatic hydroxyl groups excluding tert-OH is 1. The maximum Gasteiger partial charge on any atom is 0.252 e. The fourth-order valence-electron chi connectivity index (χ4n) is 1.61. The minimum absolute atomic E-state index is 0.184. The van der Waals surface area contributed by atoms with Crippen LogP contribution < -0.4 is 11.5 Å². The average molecular weight is 252 g/mol. The molecule has 0 aliphatic rings. The molecule has 0 saturated carbocycles. The number of benzene rings is 1. The van der Waals surface area contributed by atoms with Gasteiger partial charge in [-0.15, -0.1) is 0 Å². The monoisotopic (exact) mass is 252 g/mol. The topological polar surface area (TPSA) is 127 Å². The van der Waals surface area contributed by atoms with Crippen molar-refractivity contribution in [3.05, 3.63) is 35.9 Å². The van der Waals surface area contributed by atoms with Crippen LogP contribution in [-0.2, 0) is 16.0 Å². The lowest BCUT2D eigenvalue weighted by Gasteiger charge is -2.27. The zero-order valence-electron chi connectivity index (χ0n) is 9.74. The number of amides is 2. The Balaban J connectivity index is 2.81. The summed E-state index contributed by atoms with van der Waals surface area (Å²) in [7, 11) is 0. The van der Waals surface area contributed by atoms with Gasteiger partial charge < -0.3 is 21.7 Å². The molecule has 2 amide bonds. The van der Waals surface area contributed by atoms with Gasteiger partial charge in [0.15, 0.2) is 11.7 Å². The van der Waals surface area contributed by atoms with E-state index in [2.05, 4.69) is 0 Å². The lowest BCUT2D eigenvalue weighted by Crippen LogP contribution is -2.58. The maximum atomic E-state index is 11.2. The quantitative estimate of drug-likeness (QED) is 0.501. The summed E-state index contributed by atoms with van der Waals surface area (Å²) in [6, 6.07) is 8.99. The fraction of sp³-hybridized carbons (Fsp3) is 0.333. The highest BCUT2D eigenvalue weighted by molar-refractivity contribution is 5.92. The largest absolute Gasteiger partial charge is 0.380 e. The van der Waals surface area contributed by atoms with Crippen molar-refractivity contribution < 1.29 is 19.8 Å². The molecule has 0 aliphatic heterocycles. The van der Waals surface area contributed by atoms with Crippen molar-refractivity contribution >= 4 is 11.8 Å². The molecule has 1 rings (SSSR count). The molecule has 0 aromatic heterocycles. The first kappa shape index (κ1) is 14.1. The van der Waals surface area contributed by atoms with E-state index in [1.807, 2.05) is 6.07 Å². The minimum atomic E-state index is -2.35. The summed E-state index contributed by atoms with van der Waals surface area (Å²) in [4.78, 5) is 22.1. The van der Waals surface area contributed by atoms with Crippen molar-refractivity contribution in [2.75, 3.05) is 0 Å². The Kier molecular flexibility index (Phi) is 4.41. The van der Waals surface area contributed by atoms with Gasteiger partial charge in [-0.1, -0.05) is 30.3 Å².